The van der Waals surface area contributed by atoms with E-state index in [9.17, 15) is 14.4 Å². The Morgan fingerprint density at radius 3 is 2.82 bits per heavy atom. The molecule has 1 aromatic rings. The Morgan fingerprint density at radius 1 is 1.21 bits per heavy atom. The van der Waals surface area contributed by atoms with E-state index in [1.165, 1.54) is 0 Å². The van der Waals surface area contributed by atoms with Crippen LogP contribution in [0.2, 0.25) is 0 Å². The first kappa shape index (κ1) is 19.1. The number of imide groups is 1. The number of rotatable bonds is 3. The standard InChI is InChI=1S/C21H28N4O3/c1-21(2)12-22-8-9-24(13-21)10-14-4-3-5-15-16(14)11-25(20(15)28)17-6-7-18(26)23-19(17)27/h3-5,17,22H,6-13H2,1-2H3,(H,23,26,27). The molecule has 1 atom stereocenters. The third-order valence-electron chi connectivity index (χ3n) is 5.93. The Hall–Kier alpha value is -2.25. The second-order valence-electron chi connectivity index (χ2n) is 8.89. The minimum atomic E-state index is -0.563. The summed E-state index contributed by atoms with van der Waals surface area (Å²) < 4.78 is 0. The van der Waals surface area contributed by atoms with Crippen LogP contribution in [0, 0.1) is 5.41 Å². The Kier molecular flexibility index (Phi) is 4.97. The van der Waals surface area contributed by atoms with Crippen LogP contribution in [0.15, 0.2) is 18.2 Å². The Bertz CT molecular complexity index is 820. The molecule has 3 aliphatic heterocycles. The number of benzene rings is 1. The van der Waals surface area contributed by atoms with Gasteiger partial charge in [0.2, 0.25) is 11.8 Å². The van der Waals surface area contributed by atoms with Gasteiger partial charge in [0, 0.05) is 51.3 Å². The molecule has 1 unspecified atom stereocenters. The summed E-state index contributed by atoms with van der Waals surface area (Å²) in [6.07, 6.45) is 0.672. The predicted molar refractivity (Wildman–Crippen MR) is 104 cm³/mol. The lowest BCUT2D eigenvalue weighted by Crippen LogP contribution is -2.52. The second-order valence-corrected chi connectivity index (χ2v) is 8.89. The molecule has 3 heterocycles. The molecule has 3 amide bonds. The SMILES string of the molecule is CC1(C)CNCCN(Cc2cccc3c2CN(C2CCC(=O)NC2=O)C3=O)C1. The minimum Gasteiger partial charge on any atom is -0.322 e. The highest BCUT2D eigenvalue weighted by atomic mass is 16.2. The van der Waals surface area contributed by atoms with E-state index in [0.29, 0.717) is 18.5 Å². The largest absolute Gasteiger partial charge is 0.322 e. The highest BCUT2D eigenvalue weighted by molar-refractivity contribution is 6.05. The van der Waals surface area contributed by atoms with Crippen molar-refractivity contribution in [2.75, 3.05) is 26.2 Å². The van der Waals surface area contributed by atoms with Crippen molar-refractivity contribution in [3.63, 3.8) is 0 Å². The number of hydrogen-bond donors (Lipinski definition) is 2. The molecule has 0 aromatic heterocycles. The lowest BCUT2D eigenvalue weighted by atomic mass is 9.93. The van der Waals surface area contributed by atoms with Crippen molar-refractivity contribution in [2.24, 2.45) is 5.41 Å². The van der Waals surface area contributed by atoms with Crippen LogP contribution in [-0.2, 0) is 22.7 Å². The molecular formula is C21H28N4O3. The zero-order valence-electron chi connectivity index (χ0n) is 16.6. The smallest absolute Gasteiger partial charge is 0.255 e. The zero-order chi connectivity index (χ0) is 19.9. The van der Waals surface area contributed by atoms with E-state index in [1.54, 1.807) is 4.90 Å². The Balaban J connectivity index is 1.54. The Morgan fingerprint density at radius 2 is 2.04 bits per heavy atom. The molecule has 0 radical (unpaired) electrons. The molecule has 0 aliphatic carbocycles. The molecular weight excluding hydrogens is 356 g/mol. The van der Waals surface area contributed by atoms with Gasteiger partial charge in [-0.1, -0.05) is 26.0 Å². The number of hydrogen-bond acceptors (Lipinski definition) is 5. The van der Waals surface area contributed by atoms with Gasteiger partial charge >= 0.3 is 0 Å². The maximum atomic E-state index is 13.0. The normalized spacial score (nSPS) is 25.4. The van der Waals surface area contributed by atoms with Crippen molar-refractivity contribution >= 4 is 17.7 Å². The third kappa shape index (κ3) is 3.69. The summed E-state index contributed by atoms with van der Waals surface area (Å²) in [6.45, 7) is 9.69. The van der Waals surface area contributed by atoms with Crippen molar-refractivity contribution in [2.45, 2.75) is 45.8 Å². The van der Waals surface area contributed by atoms with Gasteiger partial charge in [-0.2, -0.15) is 0 Å². The van der Waals surface area contributed by atoms with Crippen LogP contribution in [0.25, 0.3) is 0 Å². The zero-order valence-corrected chi connectivity index (χ0v) is 16.6. The Labute approximate surface area is 165 Å². The van der Waals surface area contributed by atoms with Crippen LogP contribution in [0.3, 0.4) is 0 Å². The number of carbonyl (C=O) groups is 3. The average molecular weight is 384 g/mol. The summed E-state index contributed by atoms with van der Waals surface area (Å²) in [5.41, 5.74) is 3.06. The molecule has 28 heavy (non-hydrogen) atoms. The number of fused-ring (bicyclic) bond motifs is 1. The van der Waals surface area contributed by atoms with E-state index >= 15 is 0 Å². The molecule has 2 saturated heterocycles. The molecule has 2 fully saturated rings. The van der Waals surface area contributed by atoms with E-state index in [1.807, 2.05) is 12.1 Å². The van der Waals surface area contributed by atoms with E-state index in [0.717, 1.165) is 43.9 Å². The van der Waals surface area contributed by atoms with Crippen LogP contribution in [0.1, 0.15) is 48.2 Å². The lowest BCUT2D eigenvalue weighted by molar-refractivity contribution is -0.136. The fraction of sp³-hybridized carbons (Fsp3) is 0.571. The minimum absolute atomic E-state index is 0.107. The molecule has 2 N–H and O–H groups in total. The predicted octanol–water partition coefficient (Wildman–Crippen LogP) is 0.879. The van der Waals surface area contributed by atoms with E-state index < -0.39 is 6.04 Å². The number of piperidine rings is 1. The van der Waals surface area contributed by atoms with Crippen LogP contribution < -0.4 is 10.6 Å². The molecule has 1 aromatic carbocycles. The van der Waals surface area contributed by atoms with Gasteiger partial charge in [0.05, 0.1) is 0 Å². The van der Waals surface area contributed by atoms with Crippen molar-refractivity contribution < 1.29 is 14.4 Å². The van der Waals surface area contributed by atoms with Crippen LogP contribution >= 0.6 is 0 Å². The van der Waals surface area contributed by atoms with Crippen molar-refractivity contribution in [1.82, 2.24) is 20.4 Å². The molecule has 0 bridgehead atoms. The summed E-state index contributed by atoms with van der Waals surface area (Å²) in [4.78, 5) is 40.7. The van der Waals surface area contributed by atoms with Crippen molar-refractivity contribution in [1.29, 1.82) is 0 Å². The first-order chi connectivity index (χ1) is 13.3. The molecule has 4 rings (SSSR count). The van der Waals surface area contributed by atoms with Gasteiger partial charge in [0.15, 0.2) is 0 Å². The highest BCUT2D eigenvalue weighted by Crippen LogP contribution is 2.31. The topological polar surface area (TPSA) is 81.8 Å². The van der Waals surface area contributed by atoms with Crippen molar-refractivity contribution in [3.05, 3.63) is 34.9 Å². The fourth-order valence-corrected chi connectivity index (χ4v) is 4.58. The summed E-state index contributed by atoms with van der Waals surface area (Å²) >= 11 is 0. The second kappa shape index (κ2) is 7.29. The average Bonchev–Trinajstić information content (AvgIpc) is 2.85. The number of nitrogens with zero attached hydrogens (tertiary/aromatic N) is 2. The third-order valence-corrected chi connectivity index (χ3v) is 5.93. The fourth-order valence-electron chi connectivity index (χ4n) is 4.58. The number of nitrogens with one attached hydrogen (secondary N) is 2. The monoisotopic (exact) mass is 384 g/mol. The van der Waals surface area contributed by atoms with E-state index in [-0.39, 0.29) is 29.6 Å². The van der Waals surface area contributed by atoms with Gasteiger partial charge in [0.1, 0.15) is 6.04 Å². The maximum Gasteiger partial charge on any atom is 0.255 e. The van der Waals surface area contributed by atoms with Gasteiger partial charge in [-0.15, -0.1) is 0 Å². The van der Waals surface area contributed by atoms with Gasteiger partial charge in [-0.05, 0) is 29.0 Å². The number of carbonyl (C=O) groups excluding carboxylic acids is 3. The summed E-state index contributed by atoms with van der Waals surface area (Å²) in [6, 6.07) is 5.31. The van der Waals surface area contributed by atoms with Crippen LogP contribution in [0.4, 0.5) is 0 Å². The first-order valence-corrected chi connectivity index (χ1v) is 10.0. The van der Waals surface area contributed by atoms with Crippen molar-refractivity contribution in [3.8, 4) is 0 Å². The molecule has 7 heteroatoms. The summed E-state index contributed by atoms with van der Waals surface area (Å²) in [5.74, 6) is -0.730. The number of amides is 3. The van der Waals surface area contributed by atoms with Crippen LogP contribution in [-0.4, -0.2) is 59.7 Å². The molecule has 3 aliphatic rings. The lowest BCUT2D eigenvalue weighted by Gasteiger charge is -2.30. The van der Waals surface area contributed by atoms with Gasteiger partial charge < -0.3 is 10.2 Å². The summed E-state index contributed by atoms with van der Waals surface area (Å²) in [7, 11) is 0. The maximum absolute atomic E-state index is 13.0. The van der Waals surface area contributed by atoms with Gasteiger partial charge in [-0.25, -0.2) is 0 Å². The molecule has 0 saturated carbocycles. The molecule has 150 valence electrons. The molecule has 0 spiro atoms. The van der Waals surface area contributed by atoms with Gasteiger partial charge in [-0.3, -0.25) is 24.6 Å². The van der Waals surface area contributed by atoms with Crippen LogP contribution in [0.5, 0.6) is 0 Å². The van der Waals surface area contributed by atoms with E-state index in [4.69, 9.17) is 0 Å². The van der Waals surface area contributed by atoms with E-state index in [2.05, 4.69) is 35.4 Å². The molecule has 7 nitrogen and oxygen atoms in total. The van der Waals surface area contributed by atoms with Gasteiger partial charge in [0.25, 0.3) is 5.91 Å². The highest BCUT2D eigenvalue weighted by Gasteiger charge is 2.40. The summed E-state index contributed by atoms with van der Waals surface area (Å²) in [5, 5.41) is 5.86. The quantitative estimate of drug-likeness (QED) is 0.756. The first-order valence-electron chi connectivity index (χ1n) is 10.0.